The molecule has 0 radical (unpaired) electrons. The quantitative estimate of drug-likeness (QED) is 0.449. The number of rotatable bonds is 3. The summed E-state index contributed by atoms with van der Waals surface area (Å²) < 4.78 is 6.37. The highest BCUT2D eigenvalue weighted by Gasteiger charge is 2.22. The number of aromatic nitrogens is 5. The summed E-state index contributed by atoms with van der Waals surface area (Å²) in [5.41, 5.74) is 3.18. The smallest absolute Gasteiger partial charge is 0.279 e. The van der Waals surface area contributed by atoms with Gasteiger partial charge in [0.25, 0.3) is 5.56 Å². The van der Waals surface area contributed by atoms with E-state index in [4.69, 9.17) is 4.98 Å². The number of thiophene rings is 1. The maximum absolute atomic E-state index is 12.9. The fraction of sp³-hybridized carbons (Fsp3) is 0.227. The van der Waals surface area contributed by atoms with Gasteiger partial charge in [-0.2, -0.15) is 4.98 Å². The molecule has 0 N–H and O–H groups in total. The van der Waals surface area contributed by atoms with Crippen molar-refractivity contribution in [1.29, 1.82) is 0 Å². The first kappa shape index (κ1) is 18.6. The zero-order valence-corrected chi connectivity index (χ0v) is 18.0. The van der Waals surface area contributed by atoms with E-state index < -0.39 is 0 Å². The highest BCUT2D eigenvalue weighted by atomic mass is 32.1. The maximum Gasteiger partial charge on any atom is 0.332 e. The Morgan fingerprint density at radius 2 is 1.73 bits per heavy atom. The van der Waals surface area contributed by atoms with E-state index in [0.29, 0.717) is 22.9 Å². The molecule has 0 fully saturated rings. The zero-order valence-electron chi connectivity index (χ0n) is 17.2. The van der Waals surface area contributed by atoms with Crippen molar-refractivity contribution in [3.8, 4) is 16.3 Å². The average molecular weight is 420 g/mol. The van der Waals surface area contributed by atoms with Gasteiger partial charge in [0, 0.05) is 26.0 Å². The third kappa shape index (κ3) is 2.53. The van der Waals surface area contributed by atoms with E-state index in [1.807, 2.05) is 22.2 Å². The zero-order chi connectivity index (χ0) is 21.2. The molecule has 0 bridgehead atoms. The molecule has 30 heavy (non-hydrogen) atoms. The van der Waals surface area contributed by atoms with Gasteiger partial charge < -0.3 is 0 Å². The largest absolute Gasteiger partial charge is 0.332 e. The molecule has 7 nitrogen and oxygen atoms in total. The maximum atomic E-state index is 12.9. The Labute approximate surface area is 176 Å². The van der Waals surface area contributed by atoms with E-state index in [-0.39, 0.29) is 11.2 Å². The Bertz CT molecular complexity index is 1510. The first-order chi connectivity index (χ1) is 14.4. The van der Waals surface area contributed by atoms with Crippen LogP contribution in [0, 0.1) is 0 Å². The molecular weight excluding hydrogens is 398 g/mol. The molecule has 0 aliphatic carbocycles. The van der Waals surface area contributed by atoms with Gasteiger partial charge in [0.15, 0.2) is 11.2 Å². The van der Waals surface area contributed by atoms with Crippen LogP contribution in [-0.4, -0.2) is 23.1 Å². The van der Waals surface area contributed by atoms with Crippen molar-refractivity contribution in [2.75, 3.05) is 0 Å². The normalized spacial score (nSPS) is 11.9. The van der Waals surface area contributed by atoms with E-state index in [1.165, 1.54) is 17.2 Å². The summed E-state index contributed by atoms with van der Waals surface area (Å²) >= 11 is 1.63. The van der Waals surface area contributed by atoms with Crippen LogP contribution in [0.25, 0.3) is 33.2 Å². The lowest BCUT2D eigenvalue weighted by Gasteiger charge is -2.10. The van der Waals surface area contributed by atoms with E-state index >= 15 is 0 Å². The van der Waals surface area contributed by atoms with Gasteiger partial charge in [-0.1, -0.05) is 32.0 Å². The molecule has 0 amide bonds. The van der Waals surface area contributed by atoms with Crippen molar-refractivity contribution >= 4 is 28.3 Å². The molecule has 8 heteroatoms. The molecule has 0 aliphatic heterocycles. The second kappa shape index (κ2) is 6.56. The fourth-order valence-electron chi connectivity index (χ4n) is 3.83. The van der Waals surface area contributed by atoms with E-state index in [2.05, 4.69) is 44.2 Å². The second-order valence-corrected chi connectivity index (χ2v) is 8.68. The Morgan fingerprint density at radius 3 is 2.37 bits per heavy atom. The summed E-state index contributed by atoms with van der Waals surface area (Å²) in [5.74, 6) is 1.04. The first-order valence-corrected chi connectivity index (χ1v) is 10.6. The molecule has 5 aromatic rings. The van der Waals surface area contributed by atoms with Crippen LogP contribution in [0.15, 0.2) is 57.6 Å². The molecule has 1 aromatic carbocycles. The van der Waals surface area contributed by atoms with E-state index in [1.54, 1.807) is 22.8 Å². The van der Waals surface area contributed by atoms with Crippen LogP contribution >= 0.6 is 11.3 Å². The molecule has 4 aromatic heterocycles. The summed E-state index contributed by atoms with van der Waals surface area (Å²) in [5, 5.41) is 2.03. The minimum absolute atomic E-state index is 0.356. The molecular formula is C22H21N5O2S. The molecule has 0 atom stereocenters. The van der Waals surface area contributed by atoms with Gasteiger partial charge in [0.1, 0.15) is 0 Å². The van der Waals surface area contributed by atoms with Crippen LogP contribution in [0.1, 0.15) is 25.3 Å². The van der Waals surface area contributed by atoms with Gasteiger partial charge in [-0.05, 0) is 35.1 Å². The Hall–Kier alpha value is -3.39. The van der Waals surface area contributed by atoms with Crippen molar-refractivity contribution in [2.45, 2.75) is 19.8 Å². The minimum atomic E-state index is -0.389. The highest BCUT2D eigenvalue weighted by Crippen LogP contribution is 2.32. The van der Waals surface area contributed by atoms with Crippen molar-refractivity contribution in [3.63, 3.8) is 0 Å². The van der Waals surface area contributed by atoms with Gasteiger partial charge in [-0.3, -0.25) is 22.9 Å². The van der Waals surface area contributed by atoms with Crippen LogP contribution in [0.2, 0.25) is 0 Å². The summed E-state index contributed by atoms with van der Waals surface area (Å²) in [6.07, 6.45) is 1.93. The van der Waals surface area contributed by atoms with Gasteiger partial charge in [0.05, 0.1) is 10.6 Å². The van der Waals surface area contributed by atoms with Crippen molar-refractivity contribution in [3.05, 3.63) is 74.4 Å². The Balaban J connectivity index is 1.91. The molecule has 0 saturated carbocycles. The van der Waals surface area contributed by atoms with Gasteiger partial charge in [-0.15, -0.1) is 11.3 Å². The van der Waals surface area contributed by atoms with Gasteiger partial charge in [0.2, 0.25) is 5.78 Å². The molecule has 152 valence electrons. The lowest BCUT2D eigenvalue weighted by molar-refractivity contribution is 0.708. The molecule has 0 spiro atoms. The topological polar surface area (TPSA) is 66.2 Å². The highest BCUT2D eigenvalue weighted by molar-refractivity contribution is 7.13. The van der Waals surface area contributed by atoms with Gasteiger partial charge in [-0.25, -0.2) is 4.79 Å². The Kier molecular flexibility index (Phi) is 4.08. The SMILES string of the molecule is CC(C)c1ccc(-n2c(-c3cccs3)cn3c4c(=O)n(C)c(=O)n(C)c4nc23)cc1. The third-order valence-corrected chi connectivity index (χ3v) is 6.45. The summed E-state index contributed by atoms with van der Waals surface area (Å²) in [7, 11) is 3.13. The standard InChI is InChI=1S/C22H21N5O2S/c1-13(2)14-7-9-15(10-8-14)27-16(17-6-5-11-30-17)12-26-18-19(23-21(26)27)24(3)22(29)25(4)20(18)28/h5-13H,1-4H3. The molecule has 0 saturated heterocycles. The van der Waals surface area contributed by atoms with Crippen LogP contribution in [0.3, 0.4) is 0 Å². The first-order valence-electron chi connectivity index (χ1n) is 9.72. The monoisotopic (exact) mass is 419 g/mol. The third-order valence-electron chi connectivity index (χ3n) is 5.56. The van der Waals surface area contributed by atoms with E-state index in [0.717, 1.165) is 20.8 Å². The number of hydrogen-bond donors (Lipinski definition) is 0. The lowest BCUT2D eigenvalue weighted by atomic mass is 10.0. The molecule has 0 aliphatic rings. The summed E-state index contributed by atoms with van der Waals surface area (Å²) in [6.45, 7) is 4.33. The molecule has 4 heterocycles. The van der Waals surface area contributed by atoms with Crippen molar-refractivity contribution < 1.29 is 0 Å². The van der Waals surface area contributed by atoms with Gasteiger partial charge >= 0.3 is 5.69 Å². The number of hydrogen-bond acceptors (Lipinski definition) is 4. The number of fused-ring (bicyclic) bond motifs is 3. The van der Waals surface area contributed by atoms with Crippen molar-refractivity contribution in [2.24, 2.45) is 14.1 Å². The predicted octanol–water partition coefficient (Wildman–Crippen LogP) is 3.53. The van der Waals surface area contributed by atoms with Crippen LogP contribution < -0.4 is 11.2 Å². The van der Waals surface area contributed by atoms with Crippen LogP contribution in [0.5, 0.6) is 0 Å². The number of nitrogens with zero attached hydrogens (tertiary/aromatic N) is 5. The fourth-order valence-corrected chi connectivity index (χ4v) is 4.56. The Morgan fingerprint density at radius 1 is 1.00 bits per heavy atom. The summed E-state index contributed by atoms with van der Waals surface area (Å²) in [4.78, 5) is 31.1. The predicted molar refractivity (Wildman–Crippen MR) is 120 cm³/mol. The van der Waals surface area contributed by atoms with Crippen LogP contribution in [-0.2, 0) is 14.1 Å². The molecule has 0 unspecified atom stereocenters. The van der Waals surface area contributed by atoms with E-state index in [9.17, 15) is 9.59 Å². The van der Waals surface area contributed by atoms with Crippen LogP contribution in [0.4, 0.5) is 0 Å². The lowest BCUT2D eigenvalue weighted by Crippen LogP contribution is -2.37. The average Bonchev–Trinajstić information content (AvgIpc) is 3.45. The number of aryl methyl sites for hydroxylation is 1. The summed E-state index contributed by atoms with van der Waals surface area (Å²) in [6, 6.07) is 12.4. The van der Waals surface area contributed by atoms with Crippen molar-refractivity contribution in [1.82, 2.24) is 23.1 Å². The number of benzene rings is 1. The number of imidazole rings is 2. The minimum Gasteiger partial charge on any atom is -0.279 e. The molecule has 5 rings (SSSR count). The second-order valence-electron chi connectivity index (χ2n) is 7.73.